The molecule has 4 rings (SSSR count). The predicted molar refractivity (Wildman–Crippen MR) is 133 cm³/mol. The Balaban J connectivity index is 1.96. The topological polar surface area (TPSA) is 100 Å². The van der Waals surface area contributed by atoms with Crippen LogP contribution >= 0.6 is 0 Å². The fraction of sp³-hybridized carbons (Fsp3) is 0.222. The number of urea groups is 1. The maximum atomic E-state index is 12.7. The van der Waals surface area contributed by atoms with E-state index in [1.54, 1.807) is 33.4 Å². The molecule has 0 aliphatic carbocycles. The number of fused-ring (bicyclic) bond motifs is 1. The minimum absolute atomic E-state index is 0.141. The van der Waals surface area contributed by atoms with E-state index in [1.165, 1.54) is 5.01 Å². The molecule has 1 aliphatic heterocycles. The van der Waals surface area contributed by atoms with Crippen LogP contribution in [0.15, 0.2) is 65.8 Å². The normalized spacial score (nSPS) is 14.9. The molecular formula is C27H27N3O5. The van der Waals surface area contributed by atoms with Gasteiger partial charge in [-0.05, 0) is 48.2 Å². The van der Waals surface area contributed by atoms with E-state index in [0.717, 1.165) is 16.7 Å². The van der Waals surface area contributed by atoms with Gasteiger partial charge in [0.1, 0.15) is 0 Å². The molecule has 8 nitrogen and oxygen atoms in total. The zero-order valence-corrected chi connectivity index (χ0v) is 20.0. The van der Waals surface area contributed by atoms with Gasteiger partial charge in [0.25, 0.3) is 0 Å². The molecule has 35 heavy (non-hydrogen) atoms. The Hall–Kier alpha value is -4.33. The van der Waals surface area contributed by atoms with Crippen molar-refractivity contribution in [1.82, 2.24) is 10.3 Å². The van der Waals surface area contributed by atoms with E-state index in [4.69, 9.17) is 14.6 Å². The van der Waals surface area contributed by atoms with E-state index in [2.05, 4.69) is 5.32 Å². The van der Waals surface area contributed by atoms with Crippen molar-refractivity contribution < 1.29 is 24.2 Å². The molecule has 0 saturated carbocycles. The summed E-state index contributed by atoms with van der Waals surface area (Å²) in [5.74, 6) is 0.0280. The smallest absolute Gasteiger partial charge is 0.337 e. The first-order valence-corrected chi connectivity index (χ1v) is 11.2. The molecule has 0 spiro atoms. The first-order chi connectivity index (χ1) is 16.9. The highest BCUT2D eigenvalue weighted by molar-refractivity contribution is 6.15. The van der Waals surface area contributed by atoms with Crippen molar-refractivity contribution in [1.29, 1.82) is 0 Å². The first kappa shape index (κ1) is 23.8. The Bertz CT molecular complexity index is 1300. The van der Waals surface area contributed by atoms with Crippen molar-refractivity contribution in [2.75, 3.05) is 21.3 Å². The number of nitrogens with one attached hydrogen (secondary N) is 1. The summed E-state index contributed by atoms with van der Waals surface area (Å²) in [6, 6.07) is 17.6. The SMILES string of the molecule is CNC(=O)N1N=C(c2ccc(-c3ccccc3)c(C(=O)O)c2)c2cc(OC)c(OC)cc2CC1C. The summed E-state index contributed by atoms with van der Waals surface area (Å²) < 4.78 is 11.0. The number of carboxylic acids is 1. The van der Waals surface area contributed by atoms with Gasteiger partial charge in [0, 0.05) is 18.2 Å². The third kappa shape index (κ3) is 4.55. The number of carbonyl (C=O) groups is 2. The molecule has 0 radical (unpaired) electrons. The van der Waals surface area contributed by atoms with Gasteiger partial charge in [0.2, 0.25) is 0 Å². The first-order valence-electron chi connectivity index (χ1n) is 11.2. The number of amides is 2. The van der Waals surface area contributed by atoms with E-state index in [1.807, 2.05) is 55.5 Å². The molecule has 1 aliphatic rings. The van der Waals surface area contributed by atoms with Crippen LogP contribution in [0.4, 0.5) is 4.79 Å². The number of methoxy groups -OCH3 is 2. The molecule has 0 aromatic heterocycles. The van der Waals surface area contributed by atoms with Gasteiger partial charge in [-0.1, -0.05) is 42.5 Å². The highest BCUT2D eigenvalue weighted by Crippen LogP contribution is 2.35. The predicted octanol–water partition coefficient (Wildman–Crippen LogP) is 4.41. The summed E-state index contributed by atoms with van der Waals surface area (Å²) in [5, 5.41) is 18.8. The van der Waals surface area contributed by atoms with Crippen LogP contribution < -0.4 is 14.8 Å². The molecule has 0 bridgehead atoms. The van der Waals surface area contributed by atoms with Gasteiger partial charge in [-0.3, -0.25) is 0 Å². The van der Waals surface area contributed by atoms with Crippen LogP contribution in [0, 0.1) is 0 Å². The lowest BCUT2D eigenvalue weighted by atomic mass is 9.91. The van der Waals surface area contributed by atoms with E-state index in [-0.39, 0.29) is 17.6 Å². The molecule has 180 valence electrons. The number of rotatable bonds is 5. The second kappa shape index (κ2) is 9.89. The molecule has 0 saturated heterocycles. The number of hydrazone groups is 1. The standard InChI is InChI=1S/C27H27N3O5/c1-16-12-19-14-23(34-3)24(35-4)15-21(19)25(29-30(16)27(33)28-2)18-10-11-20(22(13-18)26(31)32)17-8-6-5-7-9-17/h5-11,13-16H,12H2,1-4H3,(H,28,33)(H,31,32). The largest absolute Gasteiger partial charge is 0.493 e. The molecule has 8 heteroatoms. The third-order valence-electron chi connectivity index (χ3n) is 6.04. The molecular weight excluding hydrogens is 446 g/mol. The maximum absolute atomic E-state index is 12.7. The number of benzene rings is 3. The average Bonchev–Trinajstić information content (AvgIpc) is 3.02. The van der Waals surface area contributed by atoms with Crippen molar-refractivity contribution in [2.24, 2.45) is 5.10 Å². The number of carbonyl (C=O) groups excluding carboxylic acids is 1. The summed E-state index contributed by atoms with van der Waals surface area (Å²) in [6.07, 6.45) is 0.518. The number of nitrogens with zero attached hydrogens (tertiary/aromatic N) is 2. The number of aromatic carboxylic acids is 1. The van der Waals surface area contributed by atoms with Crippen molar-refractivity contribution in [2.45, 2.75) is 19.4 Å². The monoisotopic (exact) mass is 473 g/mol. The molecule has 3 aromatic carbocycles. The van der Waals surface area contributed by atoms with Gasteiger partial charge in [-0.15, -0.1) is 0 Å². The Morgan fingerprint density at radius 3 is 2.29 bits per heavy atom. The van der Waals surface area contributed by atoms with E-state index >= 15 is 0 Å². The lowest BCUT2D eigenvalue weighted by Crippen LogP contribution is -2.41. The highest BCUT2D eigenvalue weighted by atomic mass is 16.5. The lowest BCUT2D eigenvalue weighted by Gasteiger charge is -2.22. The van der Waals surface area contributed by atoms with Gasteiger partial charge < -0.3 is 19.9 Å². The second-order valence-electron chi connectivity index (χ2n) is 8.20. The highest BCUT2D eigenvalue weighted by Gasteiger charge is 2.29. The average molecular weight is 474 g/mol. The summed E-state index contributed by atoms with van der Waals surface area (Å²) >= 11 is 0. The number of hydrogen-bond acceptors (Lipinski definition) is 5. The molecule has 0 fully saturated rings. The minimum atomic E-state index is -1.05. The number of hydrogen-bond donors (Lipinski definition) is 2. The lowest BCUT2D eigenvalue weighted by molar-refractivity contribution is 0.0697. The van der Waals surface area contributed by atoms with Crippen molar-refractivity contribution in [3.8, 4) is 22.6 Å². The van der Waals surface area contributed by atoms with E-state index < -0.39 is 5.97 Å². The Labute approximate surface area is 203 Å². The van der Waals surface area contributed by atoms with Gasteiger partial charge in [-0.25, -0.2) is 14.6 Å². The molecule has 2 amide bonds. The quantitative estimate of drug-likeness (QED) is 0.572. The summed E-state index contributed by atoms with van der Waals surface area (Å²) in [4.78, 5) is 24.9. The van der Waals surface area contributed by atoms with Crippen LogP contribution in [0.5, 0.6) is 11.5 Å². The fourth-order valence-electron chi connectivity index (χ4n) is 4.29. The Morgan fingerprint density at radius 1 is 0.971 bits per heavy atom. The van der Waals surface area contributed by atoms with Gasteiger partial charge >= 0.3 is 12.0 Å². The van der Waals surface area contributed by atoms with Crippen LogP contribution in [-0.2, 0) is 6.42 Å². The molecule has 1 unspecified atom stereocenters. The van der Waals surface area contributed by atoms with Crippen molar-refractivity contribution in [3.05, 3.63) is 82.9 Å². The molecule has 2 N–H and O–H groups in total. The molecule has 1 heterocycles. The van der Waals surface area contributed by atoms with Crippen LogP contribution in [0.3, 0.4) is 0 Å². The molecule has 3 aromatic rings. The summed E-state index contributed by atoms with van der Waals surface area (Å²) in [5.41, 5.74) is 4.22. The summed E-state index contributed by atoms with van der Waals surface area (Å²) in [6.45, 7) is 1.91. The van der Waals surface area contributed by atoms with Crippen LogP contribution in [0.25, 0.3) is 11.1 Å². The van der Waals surface area contributed by atoms with Crippen molar-refractivity contribution in [3.63, 3.8) is 0 Å². The van der Waals surface area contributed by atoms with Crippen LogP contribution in [-0.4, -0.2) is 55.1 Å². The van der Waals surface area contributed by atoms with Crippen LogP contribution in [0.2, 0.25) is 0 Å². The zero-order chi connectivity index (χ0) is 25.1. The maximum Gasteiger partial charge on any atom is 0.337 e. The van der Waals surface area contributed by atoms with E-state index in [0.29, 0.717) is 34.8 Å². The minimum Gasteiger partial charge on any atom is -0.493 e. The third-order valence-corrected chi connectivity index (χ3v) is 6.04. The number of carboxylic acid groups (broad SMARTS) is 1. The molecule has 1 atom stereocenters. The fourth-order valence-corrected chi connectivity index (χ4v) is 4.29. The number of ether oxygens (including phenoxy) is 2. The van der Waals surface area contributed by atoms with Gasteiger partial charge in [0.05, 0.1) is 31.5 Å². The van der Waals surface area contributed by atoms with Crippen LogP contribution in [0.1, 0.15) is 34.0 Å². The van der Waals surface area contributed by atoms with Crippen molar-refractivity contribution >= 4 is 17.7 Å². The zero-order valence-electron chi connectivity index (χ0n) is 20.0. The Morgan fingerprint density at radius 2 is 1.66 bits per heavy atom. The van der Waals surface area contributed by atoms with Gasteiger partial charge in [0.15, 0.2) is 11.5 Å². The Kier molecular flexibility index (Phi) is 6.73. The van der Waals surface area contributed by atoms with E-state index in [9.17, 15) is 14.7 Å². The second-order valence-corrected chi connectivity index (χ2v) is 8.20. The summed E-state index contributed by atoms with van der Waals surface area (Å²) in [7, 11) is 4.66. The van der Waals surface area contributed by atoms with Gasteiger partial charge in [-0.2, -0.15) is 5.10 Å².